The number of anilines is 1. The van der Waals surface area contributed by atoms with Crippen molar-refractivity contribution in [2.45, 2.75) is 56.5 Å². The van der Waals surface area contributed by atoms with E-state index in [9.17, 15) is 4.79 Å². The highest BCUT2D eigenvalue weighted by Gasteiger charge is 2.33. The van der Waals surface area contributed by atoms with E-state index in [1.165, 1.54) is 10.6 Å². The molecule has 0 radical (unpaired) electrons. The number of piperazine rings is 1. The van der Waals surface area contributed by atoms with E-state index in [1.807, 2.05) is 17.8 Å². The largest absolute Gasteiger partial charge is 0.351 e. The lowest BCUT2D eigenvalue weighted by Gasteiger charge is -2.40. The third kappa shape index (κ3) is 5.02. The van der Waals surface area contributed by atoms with Crippen LogP contribution in [0.1, 0.15) is 48.7 Å². The van der Waals surface area contributed by atoms with E-state index in [0.717, 1.165) is 69.8 Å². The van der Waals surface area contributed by atoms with Crippen molar-refractivity contribution in [1.29, 1.82) is 0 Å². The minimum absolute atomic E-state index is 0.297. The molecular weight excluding hydrogens is 404 g/mol. The maximum Gasteiger partial charge on any atom is 0.164 e. The number of ketones is 1. The van der Waals surface area contributed by atoms with Crippen molar-refractivity contribution >= 4 is 23.2 Å². The lowest BCUT2D eigenvalue weighted by molar-refractivity contribution is 0.0979. The summed E-state index contributed by atoms with van der Waals surface area (Å²) in [5, 5.41) is 0. The minimum Gasteiger partial charge on any atom is -0.351 e. The van der Waals surface area contributed by atoms with Crippen molar-refractivity contribution in [3.8, 4) is 0 Å². The molecule has 6 heteroatoms. The molecule has 31 heavy (non-hydrogen) atoms. The van der Waals surface area contributed by atoms with Crippen LogP contribution < -0.4 is 4.90 Å². The molecule has 0 aliphatic carbocycles. The van der Waals surface area contributed by atoms with Gasteiger partial charge in [-0.25, -0.2) is 0 Å². The number of para-hydroxylation sites is 1. The standard InChI is InChI=1S/C25H36N4OS/c1-4-5-10-23(30)21-12-15-28(20(21)2)14-8-13-27-16-18-29(19-17-27)25-26(3)22-9-6-7-11-24(22)31-25/h6-7,9,11-12,15,25H,4-5,8,10,13-14,16-19H2,1-3H3. The number of unbranched alkanes of at least 4 members (excludes halogenated alkanes) is 1. The Morgan fingerprint density at radius 1 is 1.06 bits per heavy atom. The number of Topliss-reactive ketones (excluding diaryl/α,β-unsaturated/α-hetero) is 1. The zero-order chi connectivity index (χ0) is 21.8. The van der Waals surface area contributed by atoms with Gasteiger partial charge in [0.25, 0.3) is 0 Å². The van der Waals surface area contributed by atoms with Crippen LogP contribution in [0.2, 0.25) is 0 Å². The fourth-order valence-corrected chi connectivity index (χ4v) is 6.06. The van der Waals surface area contributed by atoms with Crippen LogP contribution in [0.5, 0.6) is 0 Å². The normalized spacial score (nSPS) is 19.7. The number of aromatic nitrogens is 1. The molecule has 1 atom stereocenters. The van der Waals surface area contributed by atoms with Gasteiger partial charge in [0.2, 0.25) is 0 Å². The van der Waals surface area contributed by atoms with E-state index < -0.39 is 0 Å². The van der Waals surface area contributed by atoms with Crippen molar-refractivity contribution in [3.05, 3.63) is 47.8 Å². The Morgan fingerprint density at radius 3 is 2.58 bits per heavy atom. The first-order valence-corrected chi connectivity index (χ1v) is 12.6. The van der Waals surface area contributed by atoms with E-state index in [0.29, 0.717) is 17.7 Å². The lowest BCUT2D eigenvalue weighted by atomic mass is 10.1. The number of carbonyl (C=O) groups excluding carboxylic acids is 1. The number of thioether (sulfide) groups is 1. The summed E-state index contributed by atoms with van der Waals surface area (Å²) < 4.78 is 2.26. The summed E-state index contributed by atoms with van der Waals surface area (Å²) >= 11 is 1.98. The second-order valence-corrected chi connectivity index (χ2v) is 9.89. The number of benzene rings is 1. The molecule has 4 rings (SSSR count). The average molecular weight is 441 g/mol. The number of carbonyl (C=O) groups is 1. The SMILES string of the molecule is CCCCC(=O)c1ccn(CCCN2CCN(C3Sc4ccccc4N3C)CC2)c1C. The molecule has 0 N–H and O–H groups in total. The first-order chi connectivity index (χ1) is 15.1. The van der Waals surface area contributed by atoms with E-state index >= 15 is 0 Å². The third-order valence-electron chi connectivity index (χ3n) is 6.70. The number of rotatable bonds is 9. The molecular formula is C25H36N4OS. The van der Waals surface area contributed by atoms with Crippen LogP contribution in [-0.2, 0) is 6.54 Å². The molecule has 0 saturated carbocycles. The molecule has 1 aromatic carbocycles. The van der Waals surface area contributed by atoms with Gasteiger partial charge in [0.05, 0.1) is 5.69 Å². The summed E-state index contributed by atoms with van der Waals surface area (Å²) in [5.41, 5.74) is 3.83. The molecule has 2 aliphatic rings. The third-order valence-corrected chi connectivity index (χ3v) is 8.13. The highest BCUT2D eigenvalue weighted by Crippen LogP contribution is 2.43. The lowest BCUT2D eigenvalue weighted by Crippen LogP contribution is -2.53. The topological polar surface area (TPSA) is 31.7 Å². The van der Waals surface area contributed by atoms with E-state index in [1.54, 1.807) is 0 Å². The van der Waals surface area contributed by atoms with Gasteiger partial charge in [0.1, 0.15) is 5.50 Å². The van der Waals surface area contributed by atoms with Crippen molar-refractivity contribution in [2.75, 3.05) is 44.7 Å². The highest BCUT2D eigenvalue weighted by molar-refractivity contribution is 8.00. The van der Waals surface area contributed by atoms with Gasteiger partial charge in [-0.15, -0.1) is 0 Å². The van der Waals surface area contributed by atoms with Crippen LogP contribution in [0.25, 0.3) is 0 Å². The van der Waals surface area contributed by atoms with Crippen molar-refractivity contribution in [3.63, 3.8) is 0 Å². The highest BCUT2D eigenvalue weighted by atomic mass is 32.2. The predicted octanol–water partition coefficient (Wildman–Crippen LogP) is 4.70. The van der Waals surface area contributed by atoms with Crippen LogP contribution in [0.3, 0.4) is 0 Å². The van der Waals surface area contributed by atoms with Gasteiger partial charge in [-0.3, -0.25) is 9.69 Å². The molecule has 5 nitrogen and oxygen atoms in total. The van der Waals surface area contributed by atoms with Gasteiger partial charge in [0.15, 0.2) is 5.78 Å². The van der Waals surface area contributed by atoms with Crippen molar-refractivity contribution < 1.29 is 4.79 Å². The van der Waals surface area contributed by atoms with Crippen molar-refractivity contribution in [2.24, 2.45) is 0 Å². The molecule has 0 spiro atoms. The monoisotopic (exact) mass is 440 g/mol. The van der Waals surface area contributed by atoms with E-state index in [4.69, 9.17) is 0 Å². The Balaban J connectivity index is 1.21. The van der Waals surface area contributed by atoms with Gasteiger partial charge in [0, 0.05) is 68.5 Å². The molecule has 1 unspecified atom stereocenters. The molecule has 0 amide bonds. The number of hydrogen-bond acceptors (Lipinski definition) is 5. The van der Waals surface area contributed by atoms with Crippen LogP contribution in [0.4, 0.5) is 5.69 Å². The van der Waals surface area contributed by atoms with Crippen LogP contribution in [-0.4, -0.2) is 65.4 Å². The van der Waals surface area contributed by atoms with Gasteiger partial charge >= 0.3 is 0 Å². The molecule has 2 aromatic rings. The minimum atomic E-state index is 0.297. The van der Waals surface area contributed by atoms with Gasteiger partial charge in [-0.1, -0.05) is 37.2 Å². The summed E-state index contributed by atoms with van der Waals surface area (Å²) in [5.74, 6) is 0.297. The number of aryl methyl sites for hydroxylation is 1. The molecule has 3 heterocycles. The summed E-state index contributed by atoms with van der Waals surface area (Å²) in [4.78, 5) is 21.4. The van der Waals surface area contributed by atoms with E-state index in [2.05, 4.69) is 70.6 Å². The van der Waals surface area contributed by atoms with Crippen LogP contribution in [0.15, 0.2) is 41.4 Å². The second kappa shape index (κ2) is 10.2. The Morgan fingerprint density at radius 2 is 1.84 bits per heavy atom. The van der Waals surface area contributed by atoms with Crippen molar-refractivity contribution in [1.82, 2.24) is 14.4 Å². The molecule has 1 aromatic heterocycles. The summed E-state index contributed by atoms with van der Waals surface area (Å²) in [7, 11) is 2.22. The van der Waals surface area contributed by atoms with Crippen LogP contribution in [0, 0.1) is 6.92 Å². The molecule has 1 fully saturated rings. The Bertz CT molecular complexity index is 887. The fraction of sp³-hybridized carbons (Fsp3) is 0.560. The zero-order valence-corrected chi connectivity index (χ0v) is 20.0. The molecule has 1 saturated heterocycles. The smallest absolute Gasteiger partial charge is 0.164 e. The Hall–Kier alpha value is -1.76. The first kappa shape index (κ1) is 22.4. The number of hydrogen-bond donors (Lipinski definition) is 0. The maximum atomic E-state index is 12.4. The fourth-order valence-electron chi connectivity index (χ4n) is 4.71. The maximum absolute atomic E-state index is 12.4. The molecule has 0 bridgehead atoms. The average Bonchev–Trinajstić information content (AvgIpc) is 3.33. The van der Waals surface area contributed by atoms with Gasteiger partial charge in [-0.2, -0.15) is 0 Å². The van der Waals surface area contributed by atoms with Gasteiger partial charge in [-0.05, 0) is 44.5 Å². The molecule has 168 valence electrons. The second-order valence-electron chi connectivity index (χ2n) is 8.79. The van der Waals surface area contributed by atoms with Crippen LogP contribution >= 0.6 is 11.8 Å². The summed E-state index contributed by atoms with van der Waals surface area (Å²) in [6, 6.07) is 10.7. The summed E-state index contributed by atoms with van der Waals surface area (Å²) in [6.45, 7) is 10.8. The van der Waals surface area contributed by atoms with E-state index in [-0.39, 0.29) is 0 Å². The number of fused-ring (bicyclic) bond motifs is 1. The first-order valence-electron chi connectivity index (χ1n) is 11.7. The van der Waals surface area contributed by atoms with Gasteiger partial charge < -0.3 is 14.4 Å². The zero-order valence-electron chi connectivity index (χ0n) is 19.2. The molecule has 2 aliphatic heterocycles. The predicted molar refractivity (Wildman–Crippen MR) is 130 cm³/mol. The quantitative estimate of drug-likeness (QED) is 0.528. The summed E-state index contributed by atoms with van der Waals surface area (Å²) in [6.07, 6.45) is 5.95. The Labute approximate surface area is 191 Å². The number of nitrogens with zero attached hydrogens (tertiary/aromatic N) is 4. The Kier molecular flexibility index (Phi) is 7.41.